The fraction of sp³-hybridized carbons (Fsp3) is 0.692. The van der Waals surface area contributed by atoms with Crippen molar-refractivity contribution in [2.24, 2.45) is 5.41 Å². The Labute approximate surface area is 106 Å². The van der Waals surface area contributed by atoms with Crippen molar-refractivity contribution in [2.45, 2.75) is 46.0 Å². The summed E-state index contributed by atoms with van der Waals surface area (Å²) in [4.78, 5) is 1.53. The van der Waals surface area contributed by atoms with Crippen LogP contribution >= 0.6 is 27.3 Å². The maximum atomic E-state index is 3.71. The van der Waals surface area contributed by atoms with Crippen molar-refractivity contribution in [1.82, 2.24) is 0 Å². The molecule has 1 aromatic rings. The summed E-state index contributed by atoms with van der Waals surface area (Å²) >= 11 is 5.61. The van der Waals surface area contributed by atoms with Crippen LogP contribution in [0, 0.1) is 5.41 Å². The van der Waals surface area contributed by atoms with Crippen molar-refractivity contribution in [1.29, 1.82) is 0 Å². The van der Waals surface area contributed by atoms with Gasteiger partial charge in [0, 0.05) is 10.2 Å². The van der Waals surface area contributed by atoms with Crippen molar-refractivity contribution < 1.29 is 0 Å². The summed E-state index contributed by atoms with van der Waals surface area (Å²) in [6.07, 6.45) is 6.52. The van der Waals surface area contributed by atoms with Crippen LogP contribution in [0.4, 0.5) is 0 Å². The lowest BCUT2D eigenvalue weighted by molar-refractivity contribution is 0.286. The number of hydrogen-bond acceptors (Lipinski definition) is 1. The van der Waals surface area contributed by atoms with Gasteiger partial charge in [0.25, 0.3) is 0 Å². The number of halogens is 1. The van der Waals surface area contributed by atoms with E-state index in [1.54, 1.807) is 0 Å². The minimum Gasteiger partial charge on any atom is -0.149 e. The van der Waals surface area contributed by atoms with E-state index in [4.69, 9.17) is 0 Å². The molecule has 86 valence electrons. The van der Waals surface area contributed by atoms with Crippen LogP contribution in [0.1, 0.15) is 44.4 Å². The van der Waals surface area contributed by atoms with Gasteiger partial charge in [0.05, 0.1) is 0 Å². The van der Waals surface area contributed by atoms with Gasteiger partial charge in [-0.25, -0.2) is 0 Å². The van der Waals surface area contributed by atoms with Gasteiger partial charge in [0.15, 0.2) is 0 Å². The highest BCUT2D eigenvalue weighted by Gasteiger charge is 2.26. The predicted molar refractivity (Wildman–Crippen MR) is 74.1 cm³/mol. The molecule has 0 radical (unpaired) electrons. The molecule has 1 unspecified atom stereocenters. The first kappa shape index (κ1) is 13.2. The number of alkyl halides is 1. The highest BCUT2D eigenvalue weighted by atomic mass is 79.9. The molecule has 1 aromatic heterocycles. The van der Waals surface area contributed by atoms with Crippen LogP contribution in [0.15, 0.2) is 17.5 Å². The first-order valence-corrected chi connectivity index (χ1v) is 7.85. The molecule has 0 aliphatic heterocycles. The van der Waals surface area contributed by atoms with Crippen molar-refractivity contribution >= 4 is 27.3 Å². The van der Waals surface area contributed by atoms with Gasteiger partial charge in [-0.3, -0.25) is 0 Å². The second kappa shape index (κ2) is 6.70. The van der Waals surface area contributed by atoms with Gasteiger partial charge in [-0.1, -0.05) is 48.7 Å². The van der Waals surface area contributed by atoms with Crippen molar-refractivity contribution in [2.75, 3.05) is 5.33 Å². The number of hydrogen-bond donors (Lipinski definition) is 0. The van der Waals surface area contributed by atoms with E-state index in [1.165, 1.54) is 37.0 Å². The second-order valence-corrected chi connectivity index (χ2v) is 5.94. The molecule has 0 N–H and O–H groups in total. The topological polar surface area (TPSA) is 0 Å². The molecule has 1 heterocycles. The van der Waals surface area contributed by atoms with Gasteiger partial charge < -0.3 is 0 Å². The summed E-state index contributed by atoms with van der Waals surface area (Å²) in [6.45, 7) is 4.60. The van der Waals surface area contributed by atoms with Gasteiger partial charge in [0.2, 0.25) is 0 Å². The van der Waals surface area contributed by atoms with Crippen molar-refractivity contribution in [3.05, 3.63) is 22.4 Å². The highest BCUT2D eigenvalue weighted by Crippen LogP contribution is 2.36. The molecule has 2 heteroatoms. The summed E-state index contributed by atoms with van der Waals surface area (Å²) in [5.74, 6) is 0. The minimum absolute atomic E-state index is 0.487. The zero-order valence-corrected chi connectivity index (χ0v) is 12.2. The van der Waals surface area contributed by atoms with E-state index < -0.39 is 0 Å². The minimum atomic E-state index is 0.487. The lowest BCUT2D eigenvalue weighted by Gasteiger charge is -2.30. The molecule has 0 aliphatic carbocycles. The molecule has 1 rings (SSSR count). The van der Waals surface area contributed by atoms with E-state index >= 15 is 0 Å². The molecule has 0 saturated carbocycles. The third-order valence-electron chi connectivity index (χ3n) is 3.22. The maximum Gasteiger partial charge on any atom is 0.00913 e. The lowest BCUT2D eigenvalue weighted by Crippen LogP contribution is -2.24. The number of rotatable bonds is 7. The first-order chi connectivity index (χ1) is 7.26. The standard InChI is InChI=1S/C13H21BrS/c1-3-5-8-13(4-2,11-14)10-12-7-6-9-15-12/h6-7,9H,3-5,8,10-11H2,1-2H3. The molecule has 0 aromatic carbocycles. The first-order valence-electron chi connectivity index (χ1n) is 5.84. The van der Waals surface area contributed by atoms with Crippen LogP contribution in [0.2, 0.25) is 0 Å². The van der Waals surface area contributed by atoms with Gasteiger partial charge in [-0.15, -0.1) is 11.3 Å². The Morgan fingerprint density at radius 3 is 2.67 bits per heavy atom. The maximum absolute atomic E-state index is 3.71. The van der Waals surface area contributed by atoms with Crippen LogP contribution in [0.5, 0.6) is 0 Å². The second-order valence-electron chi connectivity index (χ2n) is 4.35. The van der Waals surface area contributed by atoms with Crippen molar-refractivity contribution in [3.63, 3.8) is 0 Å². The average molecular weight is 289 g/mol. The van der Waals surface area contributed by atoms with Gasteiger partial charge in [-0.2, -0.15) is 0 Å². The van der Waals surface area contributed by atoms with Crippen LogP contribution in [-0.2, 0) is 6.42 Å². The zero-order chi connectivity index (χ0) is 11.1. The Balaban J connectivity index is 2.63. The molecule has 15 heavy (non-hydrogen) atoms. The Kier molecular flexibility index (Phi) is 5.91. The van der Waals surface area contributed by atoms with Gasteiger partial charge in [0.1, 0.15) is 0 Å². The van der Waals surface area contributed by atoms with E-state index in [0.29, 0.717) is 5.41 Å². The fourth-order valence-electron chi connectivity index (χ4n) is 1.93. The third kappa shape index (κ3) is 3.92. The average Bonchev–Trinajstić information content (AvgIpc) is 2.77. The van der Waals surface area contributed by atoms with Crippen LogP contribution < -0.4 is 0 Å². The Morgan fingerprint density at radius 1 is 1.40 bits per heavy atom. The molecular formula is C13H21BrS. The Morgan fingerprint density at radius 2 is 2.20 bits per heavy atom. The molecule has 0 fully saturated rings. The zero-order valence-electron chi connectivity index (χ0n) is 9.76. The van der Waals surface area contributed by atoms with E-state index in [0.717, 1.165) is 5.33 Å². The summed E-state index contributed by atoms with van der Waals surface area (Å²) in [7, 11) is 0. The largest absolute Gasteiger partial charge is 0.149 e. The SMILES string of the molecule is CCCCC(CC)(CBr)Cc1cccs1. The van der Waals surface area contributed by atoms with E-state index in [1.807, 2.05) is 11.3 Å². The number of thiophene rings is 1. The van der Waals surface area contributed by atoms with Gasteiger partial charge >= 0.3 is 0 Å². The molecule has 1 atom stereocenters. The molecule has 0 spiro atoms. The van der Waals surface area contributed by atoms with E-state index in [-0.39, 0.29) is 0 Å². The predicted octanol–water partition coefficient (Wildman–Crippen LogP) is 5.27. The molecule has 0 saturated heterocycles. The monoisotopic (exact) mass is 288 g/mol. The summed E-state index contributed by atoms with van der Waals surface area (Å²) < 4.78 is 0. The quantitative estimate of drug-likeness (QED) is 0.600. The van der Waals surface area contributed by atoms with Crippen molar-refractivity contribution in [3.8, 4) is 0 Å². The Bertz CT molecular complexity index is 250. The van der Waals surface area contributed by atoms with Gasteiger partial charge in [-0.05, 0) is 36.1 Å². The summed E-state index contributed by atoms with van der Waals surface area (Å²) in [5.41, 5.74) is 0.487. The highest BCUT2D eigenvalue weighted by molar-refractivity contribution is 9.09. The summed E-state index contributed by atoms with van der Waals surface area (Å²) in [6, 6.07) is 4.43. The molecular weight excluding hydrogens is 268 g/mol. The normalized spacial score (nSPS) is 15.1. The van der Waals surface area contributed by atoms with Crippen LogP contribution in [0.25, 0.3) is 0 Å². The fourth-order valence-corrected chi connectivity index (χ4v) is 3.69. The van der Waals surface area contributed by atoms with E-state index in [2.05, 4.69) is 47.3 Å². The third-order valence-corrected chi connectivity index (χ3v) is 5.29. The molecule has 0 amide bonds. The molecule has 0 bridgehead atoms. The Hall–Kier alpha value is 0.180. The lowest BCUT2D eigenvalue weighted by atomic mass is 9.79. The smallest absolute Gasteiger partial charge is 0.00913 e. The summed E-state index contributed by atoms with van der Waals surface area (Å²) in [5, 5.41) is 3.32. The van der Waals surface area contributed by atoms with Crippen LogP contribution in [-0.4, -0.2) is 5.33 Å². The van der Waals surface area contributed by atoms with Crippen LogP contribution in [0.3, 0.4) is 0 Å². The van der Waals surface area contributed by atoms with E-state index in [9.17, 15) is 0 Å². The molecule has 0 nitrogen and oxygen atoms in total. The number of unbranched alkanes of at least 4 members (excludes halogenated alkanes) is 1. The molecule has 0 aliphatic rings.